The molecule has 1 N–H and O–H groups in total. The van der Waals surface area contributed by atoms with Gasteiger partial charge in [-0.2, -0.15) is 0 Å². The maximum atomic E-state index is 12.0. The Balaban J connectivity index is 2.05. The second-order valence-electron chi connectivity index (χ2n) is 4.28. The zero-order valence-electron chi connectivity index (χ0n) is 9.95. The molecule has 1 heterocycles. The van der Waals surface area contributed by atoms with Gasteiger partial charge in [0.1, 0.15) is 5.15 Å². The topological polar surface area (TPSA) is 51.2 Å². The van der Waals surface area contributed by atoms with E-state index >= 15 is 0 Å². The minimum atomic E-state index is -0.199. The molecule has 98 valence electrons. The first-order valence-electron chi connectivity index (χ1n) is 5.76. The molecule has 0 radical (unpaired) electrons. The number of hydrogen-bond acceptors (Lipinski definition) is 3. The van der Waals surface area contributed by atoms with E-state index in [9.17, 15) is 4.79 Å². The number of amides is 1. The van der Waals surface area contributed by atoms with Gasteiger partial charge in [-0.3, -0.25) is 4.79 Å². The fraction of sp³-hybridized carbons (Fsp3) is 0.500. The van der Waals surface area contributed by atoms with Gasteiger partial charge in [-0.1, -0.05) is 23.2 Å². The van der Waals surface area contributed by atoms with E-state index in [1.54, 1.807) is 7.11 Å². The Morgan fingerprint density at radius 3 is 2.94 bits per heavy atom. The lowest BCUT2D eigenvalue weighted by atomic mass is 10.2. The van der Waals surface area contributed by atoms with Gasteiger partial charge in [0.15, 0.2) is 0 Å². The molecular weight excluding hydrogens is 275 g/mol. The molecule has 1 aliphatic carbocycles. The normalized spacial score (nSPS) is 23.1. The lowest BCUT2D eigenvalue weighted by Crippen LogP contribution is -2.40. The summed E-state index contributed by atoms with van der Waals surface area (Å²) in [6, 6.07) is 1.57. The molecule has 0 saturated heterocycles. The van der Waals surface area contributed by atoms with Crippen molar-refractivity contribution in [2.75, 3.05) is 7.11 Å². The smallest absolute Gasteiger partial charge is 0.253 e. The number of carbonyl (C=O) groups is 1. The number of aromatic nitrogens is 1. The summed E-state index contributed by atoms with van der Waals surface area (Å²) in [4.78, 5) is 15.9. The van der Waals surface area contributed by atoms with Gasteiger partial charge in [-0.15, -0.1) is 0 Å². The highest BCUT2D eigenvalue weighted by molar-refractivity contribution is 6.41. The first-order valence-corrected chi connectivity index (χ1v) is 6.52. The largest absolute Gasteiger partial charge is 0.379 e. The third kappa shape index (κ3) is 2.94. The lowest BCUT2D eigenvalue weighted by Gasteiger charge is -2.19. The SMILES string of the molecule is COC1CCCC1NC(=O)c1cnc(Cl)c(Cl)c1. The second-order valence-corrected chi connectivity index (χ2v) is 5.05. The molecule has 0 spiro atoms. The first kappa shape index (κ1) is 13.6. The van der Waals surface area contributed by atoms with Crippen molar-refractivity contribution in [2.24, 2.45) is 0 Å². The van der Waals surface area contributed by atoms with Crippen LogP contribution in [0.5, 0.6) is 0 Å². The second kappa shape index (κ2) is 5.87. The molecule has 1 aromatic heterocycles. The maximum absolute atomic E-state index is 12.0. The van der Waals surface area contributed by atoms with Crippen LogP contribution in [0.1, 0.15) is 29.6 Å². The first-order chi connectivity index (χ1) is 8.61. The molecule has 1 saturated carbocycles. The summed E-state index contributed by atoms with van der Waals surface area (Å²) in [7, 11) is 1.66. The van der Waals surface area contributed by atoms with Crippen molar-refractivity contribution in [1.29, 1.82) is 0 Å². The molecule has 2 atom stereocenters. The number of pyridine rings is 1. The summed E-state index contributed by atoms with van der Waals surface area (Å²) in [5.41, 5.74) is 0.408. The van der Waals surface area contributed by atoms with E-state index in [-0.39, 0.29) is 28.2 Å². The van der Waals surface area contributed by atoms with Crippen molar-refractivity contribution in [3.8, 4) is 0 Å². The van der Waals surface area contributed by atoms with Gasteiger partial charge in [-0.25, -0.2) is 4.98 Å². The highest BCUT2D eigenvalue weighted by atomic mass is 35.5. The Hall–Kier alpha value is -0.840. The zero-order valence-corrected chi connectivity index (χ0v) is 11.5. The Morgan fingerprint density at radius 2 is 2.28 bits per heavy atom. The van der Waals surface area contributed by atoms with Gasteiger partial charge < -0.3 is 10.1 Å². The summed E-state index contributed by atoms with van der Waals surface area (Å²) in [5, 5.41) is 3.41. The summed E-state index contributed by atoms with van der Waals surface area (Å²) in [6.45, 7) is 0. The van der Waals surface area contributed by atoms with E-state index in [1.165, 1.54) is 12.3 Å². The Morgan fingerprint density at radius 1 is 1.50 bits per heavy atom. The Kier molecular flexibility index (Phi) is 4.43. The predicted molar refractivity (Wildman–Crippen MR) is 70.2 cm³/mol. The van der Waals surface area contributed by atoms with Crippen LogP contribution < -0.4 is 5.32 Å². The van der Waals surface area contributed by atoms with Crippen LogP contribution in [0.4, 0.5) is 0 Å². The van der Waals surface area contributed by atoms with Gasteiger partial charge in [-0.05, 0) is 25.3 Å². The highest BCUT2D eigenvalue weighted by Gasteiger charge is 2.28. The van der Waals surface area contributed by atoms with Crippen LogP contribution in [0.2, 0.25) is 10.2 Å². The molecule has 0 aromatic carbocycles. The number of nitrogens with zero attached hydrogens (tertiary/aromatic N) is 1. The number of hydrogen-bond donors (Lipinski definition) is 1. The third-order valence-electron chi connectivity index (χ3n) is 3.13. The molecule has 0 bridgehead atoms. The molecule has 0 aliphatic heterocycles. The average Bonchev–Trinajstić information content (AvgIpc) is 2.79. The van der Waals surface area contributed by atoms with E-state index in [0.29, 0.717) is 5.56 Å². The predicted octanol–water partition coefficient (Wildman–Crippen LogP) is 2.69. The summed E-state index contributed by atoms with van der Waals surface area (Å²) < 4.78 is 5.33. The van der Waals surface area contributed by atoms with Crippen molar-refractivity contribution in [3.63, 3.8) is 0 Å². The molecule has 1 fully saturated rings. The maximum Gasteiger partial charge on any atom is 0.253 e. The van der Waals surface area contributed by atoms with Gasteiger partial charge in [0.25, 0.3) is 5.91 Å². The molecule has 18 heavy (non-hydrogen) atoms. The molecular formula is C12H14Cl2N2O2. The third-order valence-corrected chi connectivity index (χ3v) is 3.82. The number of halogens is 2. The number of nitrogens with one attached hydrogen (secondary N) is 1. The molecule has 1 amide bonds. The van der Waals surface area contributed by atoms with Gasteiger partial charge in [0.05, 0.1) is 22.7 Å². The van der Waals surface area contributed by atoms with Crippen LogP contribution in [0, 0.1) is 0 Å². The van der Waals surface area contributed by atoms with Crippen LogP contribution in [0.15, 0.2) is 12.3 Å². The van der Waals surface area contributed by atoms with E-state index in [1.807, 2.05) is 0 Å². The zero-order chi connectivity index (χ0) is 13.1. The molecule has 4 nitrogen and oxygen atoms in total. The quantitative estimate of drug-likeness (QED) is 0.870. The monoisotopic (exact) mass is 288 g/mol. The average molecular weight is 289 g/mol. The van der Waals surface area contributed by atoms with Crippen LogP contribution in [0.25, 0.3) is 0 Å². The van der Waals surface area contributed by atoms with Crippen molar-refractivity contribution in [3.05, 3.63) is 28.0 Å². The van der Waals surface area contributed by atoms with E-state index in [4.69, 9.17) is 27.9 Å². The van der Waals surface area contributed by atoms with E-state index < -0.39 is 0 Å². The van der Waals surface area contributed by atoms with Gasteiger partial charge in [0.2, 0.25) is 0 Å². The van der Waals surface area contributed by atoms with Crippen molar-refractivity contribution in [2.45, 2.75) is 31.4 Å². The number of ether oxygens (including phenoxy) is 1. The number of rotatable bonds is 3. The van der Waals surface area contributed by atoms with Crippen LogP contribution >= 0.6 is 23.2 Å². The van der Waals surface area contributed by atoms with Crippen LogP contribution in [0.3, 0.4) is 0 Å². The fourth-order valence-corrected chi connectivity index (χ4v) is 2.44. The molecule has 6 heteroatoms. The molecule has 2 rings (SSSR count). The van der Waals surface area contributed by atoms with Crippen LogP contribution in [-0.4, -0.2) is 30.1 Å². The fourth-order valence-electron chi connectivity index (χ4n) is 2.17. The van der Waals surface area contributed by atoms with Crippen LogP contribution in [-0.2, 0) is 4.74 Å². The molecule has 2 unspecified atom stereocenters. The van der Waals surface area contributed by atoms with Gasteiger partial charge >= 0.3 is 0 Å². The lowest BCUT2D eigenvalue weighted by molar-refractivity contribution is 0.0722. The summed E-state index contributed by atoms with van der Waals surface area (Å²) in [6.07, 6.45) is 4.47. The van der Waals surface area contributed by atoms with E-state index in [0.717, 1.165) is 19.3 Å². The Labute approximate surface area is 116 Å². The Bertz CT molecular complexity index is 454. The van der Waals surface area contributed by atoms with Crippen molar-refractivity contribution >= 4 is 29.1 Å². The van der Waals surface area contributed by atoms with E-state index in [2.05, 4.69) is 10.3 Å². The standard InChI is InChI=1S/C12H14Cl2N2O2/c1-18-10-4-2-3-9(10)16-12(17)7-5-8(13)11(14)15-6-7/h5-6,9-10H,2-4H2,1H3,(H,16,17). The highest BCUT2D eigenvalue weighted by Crippen LogP contribution is 2.23. The number of methoxy groups -OCH3 is 1. The molecule has 1 aromatic rings. The van der Waals surface area contributed by atoms with Crippen molar-refractivity contribution < 1.29 is 9.53 Å². The molecule has 1 aliphatic rings. The number of carbonyl (C=O) groups excluding carboxylic acids is 1. The minimum Gasteiger partial charge on any atom is -0.379 e. The summed E-state index contributed by atoms with van der Waals surface area (Å²) >= 11 is 11.5. The summed E-state index contributed by atoms with van der Waals surface area (Å²) in [5.74, 6) is -0.199. The van der Waals surface area contributed by atoms with Crippen molar-refractivity contribution in [1.82, 2.24) is 10.3 Å². The van der Waals surface area contributed by atoms with Gasteiger partial charge in [0, 0.05) is 13.3 Å². The minimum absolute atomic E-state index is 0.0527.